The maximum atomic E-state index is 6.06. The van der Waals surface area contributed by atoms with Gasteiger partial charge in [0.25, 0.3) is 0 Å². The monoisotopic (exact) mass is 268 g/mol. The minimum absolute atomic E-state index is 0.153. The Morgan fingerprint density at radius 1 is 1.24 bits per heavy atom. The molecule has 1 heterocycles. The van der Waals surface area contributed by atoms with Crippen LogP contribution in [0.1, 0.15) is 5.56 Å². The lowest BCUT2D eigenvalue weighted by Crippen LogP contribution is -2.00. The Hall–Kier alpha value is -1.52. The van der Waals surface area contributed by atoms with Gasteiger partial charge in [0.05, 0.1) is 16.9 Å². The summed E-state index contributed by atoms with van der Waals surface area (Å²) in [4.78, 5) is 7.79. The zero-order valence-corrected chi connectivity index (χ0v) is 10.5. The first-order valence-electron chi connectivity index (χ1n) is 4.87. The van der Waals surface area contributed by atoms with Crippen LogP contribution < -0.4 is 11.1 Å². The van der Waals surface area contributed by atoms with Crippen molar-refractivity contribution >= 4 is 40.7 Å². The molecule has 0 bridgehead atoms. The third kappa shape index (κ3) is 2.78. The van der Waals surface area contributed by atoms with E-state index in [1.165, 1.54) is 6.20 Å². The van der Waals surface area contributed by atoms with Crippen LogP contribution >= 0.6 is 23.2 Å². The summed E-state index contributed by atoms with van der Waals surface area (Å²) in [6, 6.07) is 5.62. The third-order valence-electron chi connectivity index (χ3n) is 2.14. The molecule has 2 aromatic rings. The normalized spacial score (nSPS) is 10.3. The molecule has 2 rings (SSSR count). The van der Waals surface area contributed by atoms with Gasteiger partial charge in [0, 0.05) is 0 Å². The van der Waals surface area contributed by atoms with E-state index in [2.05, 4.69) is 15.3 Å². The molecule has 6 heteroatoms. The number of aryl methyl sites for hydroxylation is 1. The first kappa shape index (κ1) is 12.0. The zero-order valence-electron chi connectivity index (χ0n) is 9.04. The Morgan fingerprint density at radius 2 is 2.00 bits per heavy atom. The van der Waals surface area contributed by atoms with Crippen LogP contribution in [0.2, 0.25) is 10.0 Å². The fraction of sp³-hybridized carbons (Fsp3) is 0.0909. The van der Waals surface area contributed by atoms with Gasteiger partial charge in [-0.05, 0) is 24.6 Å². The number of aromatic nitrogens is 2. The van der Waals surface area contributed by atoms with Crippen LogP contribution in [0, 0.1) is 6.92 Å². The average Bonchev–Trinajstić information content (AvgIpc) is 2.28. The van der Waals surface area contributed by atoms with E-state index in [0.717, 1.165) is 11.3 Å². The van der Waals surface area contributed by atoms with Gasteiger partial charge < -0.3 is 11.1 Å². The number of nitrogens with two attached hydrogens (primary N) is 1. The van der Waals surface area contributed by atoms with Gasteiger partial charge in [-0.2, -0.15) is 4.98 Å². The topological polar surface area (TPSA) is 63.8 Å². The maximum absolute atomic E-state index is 6.06. The molecular formula is C11H10Cl2N4. The number of nitrogens with one attached hydrogen (secondary N) is 1. The number of nitrogens with zero attached hydrogens (tertiary/aromatic N) is 2. The van der Waals surface area contributed by atoms with E-state index in [9.17, 15) is 0 Å². The van der Waals surface area contributed by atoms with Gasteiger partial charge in [0.15, 0.2) is 5.82 Å². The Kier molecular flexibility index (Phi) is 3.36. The third-order valence-corrected chi connectivity index (χ3v) is 2.74. The van der Waals surface area contributed by atoms with E-state index < -0.39 is 0 Å². The van der Waals surface area contributed by atoms with E-state index in [0.29, 0.717) is 15.9 Å². The molecule has 1 aromatic carbocycles. The lowest BCUT2D eigenvalue weighted by Gasteiger charge is -2.09. The molecule has 0 aliphatic heterocycles. The number of halogens is 2. The quantitative estimate of drug-likeness (QED) is 0.876. The molecule has 0 unspecified atom stereocenters. The van der Waals surface area contributed by atoms with Crippen molar-refractivity contribution in [3.8, 4) is 0 Å². The van der Waals surface area contributed by atoms with Gasteiger partial charge in [0.2, 0.25) is 5.95 Å². The lowest BCUT2D eigenvalue weighted by molar-refractivity contribution is 1.18. The van der Waals surface area contributed by atoms with Gasteiger partial charge in [-0.3, -0.25) is 0 Å². The summed E-state index contributed by atoms with van der Waals surface area (Å²) >= 11 is 12.0. The highest BCUT2D eigenvalue weighted by atomic mass is 35.5. The van der Waals surface area contributed by atoms with Crippen LogP contribution in [0.3, 0.4) is 0 Å². The van der Waals surface area contributed by atoms with E-state index in [1.54, 1.807) is 6.07 Å². The fourth-order valence-electron chi connectivity index (χ4n) is 1.33. The smallest absolute Gasteiger partial charge is 0.222 e. The van der Waals surface area contributed by atoms with Crippen LogP contribution in [-0.2, 0) is 0 Å². The average molecular weight is 269 g/mol. The second kappa shape index (κ2) is 4.77. The number of anilines is 3. The standard InChI is InChI=1S/C11H10Cl2N4/c1-6-2-3-7(12)9(4-6)16-10-8(13)5-15-11(14)17-10/h2-5H,1H3,(H3,14,15,16,17). The summed E-state index contributed by atoms with van der Waals surface area (Å²) in [5.41, 5.74) is 7.30. The predicted molar refractivity (Wildman–Crippen MR) is 70.9 cm³/mol. The number of hydrogen-bond acceptors (Lipinski definition) is 4. The zero-order chi connectivity index (χ0) is 12.4. The SMILES string of the molecule is Cc1ccc(Cl)c(Nc2nc(N)ncc2Cl)c1. The van der Waals surface area contributed by atoms with Crippen molar-refractivity contribution in [2.45, 2.75) is 6.92 Å². The largest absolute Gasteiger partial charge is 0.368 e. The Labute approximate surface area is 109 Å². The van der Waals surface area contributed by atoms with Crippen molar-refractivity contribution in [1.82, 2.24) is 9.97 Å². The molecular weight excluding hydrogens is 259 g/mol. The molecule has 0 aliphatic carbocycles. The van der Waals surface area contributed by atoms with Crippen molar-refractivity contribution in [1.29, 1.82) is 0 Å². The molecule has 88 valence electrons. The number of rotatable bonds is 2. The maximum Gasteiger partial charge on any atom is 0.222 e. The predicted octanol–water partition coefficient (Wildman–Crippen LogP) is 3.42. The van der Waals surface area contributed by atoms with Gasteiger partial charge in [-0.25, -0.2) is 4.98 Å². The number of hydrogen-bond donors (Lipinski definition) is 2. The molecule has 0 fully saturated rings. The van der Waals surface area contributed by atoms with Crippen molar-refractivity contribution in [2.24, 2.45) is 0 Å². The molecule has 0 aliphatic rings. The highest BCUT2D eigenvalue weighted by Gasteiger charge is 2.06. The van der Waals surface area contributed by atoms with Crippen molar-refractivity contribution in [3.05, 3.63) is 40.0 Å². The highest BCUT2D eigenvalue weighted by Crippen LogP contribution is 2.28. The molecule has 0 saturated carbocycles. The Morgan fingerprint density at radius 3 is 2.76 bits per heavy atom. The Bertz CT molecular complexity index is 508. The molecule has 17 heavy (non-hydrogen) atoms. The second-order valence-corrected chi connectivity index (χ2v) is 4.35. The minimum atomic E-state index is 0.153. The van der Waals surface area contributed by atoms with Crippen LogP contribution in [0.15, 0.2) is 24.4 Å². The van der Waals surface area contributed by atoms with E-state index in [4.69, 9.17) is 28.9 Å². The molecule has 3 N–H and O–H groups in total. The molecule has 4 nitrogen and oxygen atoms in total. The van der Waals surface area contributed by atoms with E-state index in [1.807, 2.05) is 19.1 Å². The van der Waals surface area contributed by atoms with Crippen LogP contribution in [-0.4, -0.2) is 9.97 Å². The van der Waals surface area contributed by atoms with Gasteiger partial charge in [0.1, 0.15) is 5.02 Å². The van der Waals surface area contributed by atoms with Crippen LogP contribution in [0.4, 0.5) is 17.5 Å². The minimum Gasteiger partial charge on any atom is -0.368 e. The second-order valence-electron chi connectivity index (χ2n) is 3.53. The number of benzene rings is 1. The van der Waals surface area contributed by atoms with Gasteiger partial charge >= 0.3 is 0 Å². The molecule has 0 spiro atoms. The Balaban J connectivity index is 2.37. The first-order chi connectivity index (χ1) is 8.06. The highest BCUT2D eigenvalue weighted by molar-refractivity contribution is 6.34. The summed E-state index contributed by atoms with van der Waals surface area (Å²) in [7, 11) is 0. The van der Waals surface area contributed by atoms with Gasteiger partial charge in [-0.15, -0.1) is 0 Å². The number of nitrogen functional groups attached to an aromatic ring is 1. The molecule has 0 saturated heterocycles. The van der Waals surface area contributed by atoms with Crippen molar-refractivity contribution in [2.75, 3.05) is 11.1 Å². The van der Waals surface area contributed by atoms with E-state index in [-0.39, 0.29) is 5.95 Å². The summed E-state index contributed by atoms with van der Waals surface area (Å²) < 4.78 is 0. The van der Waals surface area contributed by atoms with E-state index >= 15 is 0 Å². The fourth-order valence-corrected chi connectivity index (χ4v) is 1.63. The van der Waals surface area contributed by atoms with Crippen LogP contribution in [0.25, 0.3) is 0 Å². The first-order valence-corrected chi connectivity index (χ1v) is 5.63. The summed E-state index contributed by atoms with van der Waals surface area (Å²) in [5, 5.41) is 4.00. The lowest BCUT2D eigenvalue weighted by atomic mass is 10.2. The summed E-state index contributed by atoms with van der Waals surface area (Å²) in [6.45, 7) is 1.97. The molecule has 0 radical (unpaired) electrons. The summed E-state index contributed by atoms with van der Waals surface area (Å²) in [6.07, 6.45) is 1.44. The molecule has 0 amide bonds. The van der Waals surface area contributed by atoms with Crippen LogP contribution in [0.5, 0.6) is 0 Å². The molecule has 0 atom stereocenters. The van der Waals surface area contributed by atoms with Gasteiger partial charge in [-0.1, -0.05) is 29.3 Å². The van der Waals surface area contributed by atoms with Crippen molar-refractivity contribution in [3.63, 3.8) is 0 Å². The summed E-state index contributed by atoms with van der Waals surface area (Å²) in [5.74, 6) is 0.590. The molecule has 1 aromatic heterocycles. The van der Waals surface area contributed by atoms with Crippen molar-refractivity contribution < 1.29 is 0 Å².